The van der Waals surface area contributed by atoms with Crippen molar-refractivity contribution in [3.8, 4) is 0 Å². The monoisotopic (exact) mass is 348 g/mol. The Kier molecular flexibility index (Phi) is 4.63. The molecule has 3 rings (SSSR count). The standard InChI is InChI=1S/C16H13ClN2.BrH/c1-19(13-5-3-2-4-6-13)16-9-10-18-15-11-12(17)7-8-14(15)16;/h2-11H,1H3;1H. The molecule has 0 aliphatic rings. The Morgan fingerprint density at radius 3 is 2.50 bits per heavy atom. The van der Waals surface area contributed by atoms with Crippen LogP contribution in [0.3, 0.4) is 0 Å². The van der Waals surface area contributed by atoms with Crippen LogP contribution in [0.25, 0.3) is 10.9 Å². The van der Waals surface area contributed by atoms with Crippen LogP contribution in [0.2, 0.25) is 5.02 Å². The van der Waals surface area contributed by atoms with Crippen molar-refractivity contribution in [2.75, 3.05) is 11.9 Å². The number of anilines is 2. The van der Waals surface area contributed by atoms with Crippen molar-refractivity contribution in [2.45, 2.75) is 0 Å². The van der Waals surface area contributed by atoms with Crippen LogP contribution in [0.1, 0.15) is 0 Å². The molecule has 0 saturated carbocycles. The van der Waals surface area contributed by atoms with E-state index in [1.807, 2.05) is 48.7 Å². The van der Waals surface area contributed by atoms with E-state index in [2.05, 4.69) is 29.1 Å². The first-order valence-corrected chi connectivity index (χ1v) is 6.46. The highest BCUT2D eigenvalue weighted by Crippen LogP contribution is 2.30. The molecular formula is C16H14BrClN2. The Balaban J connectivity index is 0.00000147. The van der Waals surface area contributed by atoms with Gasteiger partial charge in [-0.2, -0.15) is 0 Å². The SMILES string of the molecule is Br.CN(c1ccccc1)c1ccnc2cc(Cl)ccc12. The Bertz CT molecular complexity index is 716. The fourth-order valence-corrected chi connectivity index (χ4v) is 2.36. The highest BCUT2D eigenvalue weighted by atomic mass is 79.9. The normalized spacial score (nSPS) is 10.1. The molecule has 1 aromatic heterocycles. The predicted molar refractivity (Wildman–Crippen MR) is 91.6 cm³/mol. The third-order valence-corrected chi connectivity index (χ3v) is 3.42. The smallest absolute Gasteiger partial charge is 0.0737 e. The molecule has 0 spiro atoms. The Morgan fingerprint density at radius 1 is 1.00 bits per heavy atom. The van der Waals surface area contributed by atoms with Gasteiger partial charge < -0.3 is 4.90 Å². The van der Waals surface area contributed by atoms with Crippen molar-refractivity contribution in [1.82, 2.24) is 4.98 Å². The second kappa shape index (κ2) is 6.25. The topological polar surface area (TPSA) is 16.1 Å². The molecule has 0 N–H and O–H groups in total. The average molecular weight is 350 g/mol. The summed E-state index contributed by atoms with van der Waals surface area (Å²) in [6.45, 7) is 0. The first kappa shape index (κ1) is 14.8. The molecule has 0 amide bonds. The largest absolute Gasteiger partial charge is 0.344 e. The molecule has 0 fully saturated rings. The number of halogens is 2. The molecule has 0 saturated heterocycles. The molecule has 102 valence electrons. The van der Waals surface area contributed by atoms with Crippen LogP contribution in [0.15, 0.2) is 60.8 Å². The second-order valence-electron chi connectivity index (χ2n) is 4.39. The molecule has 0 aliphatic carbocycles. The minimum Gasteiger partial charge on any atom is -0.344 e. The van der Waals surface area contributed by atoms with Gasteiger partial charge in [0.15, 0.2) is 0 Å². The average Bonchev–Trinajstić information content (AvgIpc) is 2.46. The fraction of sp³-hybridized carbons (Fsp3) is 0.0625. The zero-order chi connectivity index (χ0) is 13.2. The number of pyridine rings is 1. The molecule has 0 aliphatic heterocycles. The van der Waals surface area contributed by atoms with Crippen molar-refractivity contribution in [1.29, 1.82) is 0 Å². The summed E-state index contributed by atoms with van der Waals surface area (Å²) in [5.41, 5.74) is 3.17. The van der Waals surface area contributed by atoms with Gasteiger partial charge in [-0.1, -0.05) is 29.8 Å². The van der Waals surface area contributed by atoms with E-state index in [1.54, 1.807) is 0 Å². The third-order valence-electron chi connectivity index (χ3n) is 3.19. The van der Waals surface area contributed by atoms with Gasteiger partial charge in [0.25, 0.3) is 0 Å². The van der Waals surface area contributed by atoms with Crippen molar-refractivity contribution < 1.29 is 0 Å². The Morgan fingerprint density at radius 2 is 1.75 bits per heavy atom. The summed E-state index contributed by atoms with van der Waals surface area (Å²) in [7, 11) is 2.05. The second-order valence-corrected chi connectivity index (χ2v) is 4.82. The number of para-hydroxylation sites is 1. The summed E-state index contributed by atoms with van der Waals surface area (Å²) in [6, 6.07) is 18.1. The van der Waals surface area contributed by atoms with Crippen molar-refractivity contribution in [3.05, 3.63) is 65.8 Å². The molecule has 0 atom stereocenters. The van der Waals surface area contributed by atoms with Crippen LogP contribution in [0.5, 0.6) is 0 Å². The zero-order valence-electron chi connectivity index (χ0n) is 11.0. The van der Waals surface area contributed by atoms with E-state index in [4.69, 9.17) is 11.6 Å². The van der Waals surface area contributed by atoms with Crippen molar-refractivity contribution in [2.24, 2.45) is 0 Å². The lowest BCUT2D eigenvalue weighted by Crippen LogP contribution is -2.09. The fourth-order valence-electron chi connectivity index (χ4n) is 2.19. The maximum atomic E-state index is 6.01. The van der Waals surface area contributed by atoms with Crippen LogP contribution >= 0.6 is 28.6 Å². The van der Waals surface area contributed by atoms with E-state index in [-0.39, 0.29) is 17.0 Å². The zero-order valence-corrected chi connectivity index (χ0v) is 13.4. The van der Waals surface area contributed by atoms with Gasteiger partial charge in [0.05, 0.1) is 11.2 Å². The summed E-state index contributed by atoms with van der Waals surface area (Å²) in [5.74, 6) is 0. The molecule has 0 radical (unpaired) electrons. The first-order chi connectivity index (χ1) is 9.25. The first-order valence-electron chi connectivity index (χ1n) is 6.09. The number of rotatable bonds is 2. The van der Waals surface area contributed by atoms with Gasteiger partial charge >= 0.3 is 0 Å². The van der Waals surface area contributed by atoms with Crippen LogP contribution in [0.4, 0.5) is 11.4 Å². The maximum Gasteiger partial charge on any atom is 0.0737 e. The number of nitrogens with zero attached hydrogens (tertiary/aromatic N) is 2. The van der Waals surface area contributed by atoms with E-state index in [0.29, 0.717) is 5.02 Å². The maximum absolute atomic E-state index is 6.01. The van der Waals surface area contributed by atoms with E-state index in [0.717, 1.165) is 22.3 Å². The lowest BCUT2D eigenvalue weighted by Gasteiger charge is -2.21. The molecule has 4 heteroatoms. The summed E-state index contributed by atoms with van der Waals surface area (Å²) in [6.07, 6.45) is 1.81. The van der Waals surface area contributed by atoms with Crippen LogP contribution in [0, 0.1) is 0 Å². The Labute approximate surface area is 133 Å². The quantitative estimate of drug-likeness (QED) is 0.629. The number of fused-ring (bicyclic) bond motifs is 1. The van der Waals surface area contributed by atoms with E-state index in [1.165, 1.54) is 0 Å². The highest BCUT2D eigenvalue weighted by molar-refractivity contribution is 8.93. The number of aromatic nitrogens is 1. The summed E-state index contributed by atoms with van der Waals surface area (Å²) in [5, 5.41) is 1.80. The lowest BCUT2D eigenvalue weighted by molar-refractivity contribution is 1.21. The summed E-state index contributed by atoms with van der Waals surface area (Å²) >= 11 is 6.01. The number of hydrogen-bond acceptors (Lipinski definition) is 2. The third kappa shape index (κ3) is 2.79. The molecule has 0 bridgehead atoms. The van der Waals surface area contributed by atoms with Gasteiger partial charge in [0.1, 0.15) is 0 Å². The molecule has 0 unspecified atom stereocenters. The Hall–Kier alpha value is -1.58. The van der Waals surface area contributed by atoms with Gasteiger partial charge in [-0.05, 0) is 36.4 Å². The van der Waals surface area contributed by atoms with Gasteiger partial charge in [0.2, 0.25) is 0 Å². The molecule has 3 aromatic rings. The van der Waals surface area contributed by atoms with Gasteiger partial charge in [-0.25, -0.2) is 0 Å². The highest BCUT2D eigenvalue weighted by Gasteiger charge is 2.08. The molecular weight excluding hydrogens is 336 g/mol. The minimum absolute atomic E-state index is 0. The molecule has 20 heavy (non-hydrogen) atoms. The minimum atomic E-state index is 0. The van der Waals surface area contributed by atoms with Crippen molar-refractivity contribution in [3.63, 3.8) is 0 Å². The number of benzene rings is 2. The van der Waals surface area contributed by atoms with E-state index in [9.17, 15) is 0 Å². The van der Waals surface area contributed by atoms with Crippen LogP contribution in [-0.2, 0) is 0 Å². The van der Waals surface area contributed by atoms with Gasteiger partial charge in [0, 0.05) is 29.3 Å². The van der Waals surface area contributed by atoms with Crippen molar-refractivity contribution >= 4 is 50.9 Å². The molecule has 1 heterocycles. The van der Waals surface area contributed by atoms with Crippen LogP contribution in [-0.4, -0.2) is 12.0 Å². The number of hydrogen-bond donors (Lipinski definition) is 0. The van der Waals surface area contributed by atoms with Crippen LogP contribution < -0.4 is 4.90 Å². The predicted octanol–water partition coefficient (Wildman–Crippen LogP) is 5.23. The molecule has 2 nitrogen and oxygen atoms in total. The van der Waals surface area contributed by atoms with E-state index < -0.39 is 0 Å². The summed E-state index contributed by atoms with van der Waals surface area (Å²) in [4.78, 5) is 6.52. The van der Waals surface area contributed by atoms with Gasteiger partial charge in [-0.15, -0.1) is 17.0 Å². The molecule has 2 aromatic carbocycles. The summed E-state index contributed by atoms with van der Waals surface area (Å²) < 4.78 is 0. The van der Waals surface area contributed by atoms with Gasteiger partial charge in [-0.3, -0.25) is 4.98 Å². The lowest BCUT2D eigenvalue weighted by atomic mass is 10.1. The van der Waals surface area contributed by atoms with E-state index >= 15 is 0 Å².